The van der Waals surface area contributed by atoms with E-state index in [0.717, 1.165) is 17.5 Å². The minimum Gasteiger partial charge on any atom is -0.398 e. The molecule has 1 aromatic carbocycles. The second-order valence-corrected chi connectivity index (χ2v) is 6.56. The van der Waals surface area contributed by atoms with E-state index in [1.165, 1.54) is 69.8 Å². The fraction of sp³-hybridized carbons (Fsp3) is 0.667. The van der Waals surface area contributed by atoms with Gasteiger partial charge < -0.3 is 5.73 Å². The van der Waals surface area contributed by atoms with E-state index >= 15 is 0 Å². The maximum atomic E-state index is 6.25. The Hall–Kier alpha value is -0.980. The molecule has 2 saturated carbocycles. The second kappa shape index (κ2) is 5.98. The van der Waals surface area contributed by atoms with E-state index in [9.17, 15) is 0 Å². The number of nitrogen functional groups attached to an aromatic ring is 1. The lowest BCUT2D eigenvalue weighted by Gasteiger charge is -2.26. The van der Waals surface area contributed by atoms with E-state index in [1.54, 1.807) is 5.56 Å². The molecule has 0 bridgehead atoms. The summed E-state index contributed by atoms with van der Waals surface area (Å²) in [7, 11) is 0. The van der Waals surface area contributed by atoms with Crippen molar-refractivity contribution in [1.82, 2.24) is 0 Å². The van der Waals surface area contributed by atoms with Gasteiger partial charge in [-0.3, -0.25) is 0 Å². The average Bonchev–Trinajstić information content (AvgIpc) is 2.49. The predicted molar refractivity (Wildman–Crippen MR) is 82.5 cm³/mol. The van der Waals surface area contributed by atoms with Crippen molar-refractivity contribution in [2.45, 2.75) is 76.0 Å². The zero-order valence-electron chi connectivity index (χ0n) is 12.0. The highest BCUT2D eigenvalue weighted by molar-refractivity contribution is 5.51. The molecule has 1 nitrogen and oxygen atoms in total. The molecule has 0 heterocycles. The van der Waals surface area contributed by atoms with Gasteiger partial charge in [0.1, 0.15) is 0 Å². The van der Waals surface area contributed by atoms with Crippen LogP contribution in [0.4, 0.5) is 5.69 Å². The van der Waals surface area contributed by atoms with Gasteiger partial charge in [0.05, 0.1) is 0 Å². The first-order chi connectivity index (χ1) is 9.34. The first kappa shape index (κ1) is 13.0. The first-order valence-electron chi connectivity index (χ1n) is 8.24. The topological polar surface area (TPSA) is 26.0 Å². The van der Waals surface area contributed by atoms with Gasteiger partial charge >= 0.3 is 0 Å². The lowest BCUT2D eigenvalue weighted by molar-refractivity contribution is 0.436. The highest BCUT2D eigenvalue weighted by Gasteiger charge is 2.21. The molecule has 0 atom stereocenters. The van der Waals surface area contributed by atoms with Crippen LogP contribution in [0, 0.1) is 0 Å². The maximum absolute atomic E-state index is 6.25. The van der Waals surface area contributed by atoms with Crippen molar-refractivity contribution in [1.29, 1.82) is 0 Å². The van der Waals surface area contributed by atoms with Gasteiger partial charge in [0.15, 0.2) is 0 Å². The van der Waals surface area contributed by atoms with Crippen molar-refractivity contribution in [2.75, 3.05) is 5.73 Å². The third kappa shape index (κ3) is 2.96. The van der Waals surface area contributed by atoms with E-state index in [4.69, 9.17) is 5.73 Å². The van der Waals surface area contributed by atoms with Crippen LogP contribution in [0.15, 0.2) is 18.2 Å². The molecule has 0 aromatic heterocycles. The number of nitrogens with two attached hydrogens (primary N) is 1. The Kier molecular flexibility index (Phi) is 4.10. The van der Waals surface area contributed by atoms with Crippen molar-refractivity contribution in [2.24, 2.45) is 0 Å². The summed E-state index contributed by atoms with van der Waals surface area (Å²) in [5, 5.41) is 0. The minimum atomic E-state index is 0.734. The molecule has 2 fully saturated rings. The summed E-state index contributed by atoms with van der Waals surface area (Å²) < 4.78 is 0. The van der Waals surface area contributed by atoms with Crippen LogP contribution in [0.2, 0.25) is 0 Å². The van der Waals surface area contributed by atoms with Gasteiger partial charge in [-0.2, -0.15) is 0 Å². The van der Waals surface area contributed by atoms with E-state index in [-0.39, 0.29) is 0 Å². The van der Waals surface area contributed by atoms with Crippen LogP contribution in [-0.4, -0.2) is 0 Å². The first-order valence-corrected chi connectivity index (χ1v) is 8.24. The number of anilines is 1. The normalized spacial score (nSPS) is 22.5. The van der Waals surface area contributed by atoms with E-state index in [1.807, 2.05) is 0 Å². The summed E-state index contributed by atoms with van der Waals surface area (Å²) >= 11 is 0. The van der Waals surface area contributed by atoms with Gasteiger partial charge in [-0.15, -0.1) is 0 Å². The molecule has 2 aliphatic rings. The molecule has 0 radical (unpaired) electrons. The summed E-state index contributed by atoms with van der Waals surface area (Å²) in [5.74, 6) is 1.54. The molecule has 0 amide bonds. The van der Waals surface area contributed by atoms with Crippen LogP contribution < -0.4 is 5.73 Å². The lowest BCUT2D eigenvalue weighted by Crippen LogP contribution is -2.10. The second-order valence-electron chi connectivity index (χ2n) is 6.56. The SMILES string of the molecule is Nc1ccc(C2CCCCC2)cc1C1CCCCC1. The van der Waals surface area contributed by atoms with Crippen molar-refractivity contribution in [3.63, 3.8) is 0 Å². The molecule has 19 heavy (non-hydrogen) atoms. The molecular formula is C18H27N. The molecule has 0 unspecified atom stereocenters. The Morgan fingerprint density at radius 1 is 0.737 bits per heavy atom. The summed E-state index contributed by atoms with van der Waals surface area (Å²) in [6.07, 6.45) is 13.9. The van der Waals surface area contributed by atoms with Crippen molar-refractivity contribution in [3.8, 4) is 0 Å². The summed E-state index contributed by atoms with van der Waals surface area (Å²) in [4.78, 5) is 0. The Labute approximate surface area is 117 Å². The largest absolute Gasteiger partial charge is 0.398 e. The summed E-state index contributed by atoms with van der Waals surface area (Å²) in [6, 6.07) is 6.92. The van der Waals surface area contributed by atoms with Crippen LogP contribution >= 0.6 is 0 Å². The van der Waals surface area contributed by atoms with Gasteiger partial charge in [0.2, 0.25) is 0 Å². The van der Waals surface area contributed by atoms with Crippen LogP contribution in [0.1, 0.15) is 87.2 Å². The molecule has 2 N–H and O–H groups in total. The molecule has 2 aliphatic carbocycles. The van der Waals surface area contributed by atoms with E-state index in [0.29, 0.717) is 0 Å². The third-order valence-electron chi connectivity index (χ3n) is 5.23. The fourth-order valence-electron chi connectivity index (χ4n) is 4.05. The number of benzene rings is 1. The monoisotopic (exact) mass is 257 g/mol. The van der Waals surface area contributed by atoms with Gasteiger partial charge in [-0.25, -0.2) is 0 Å². The number of rotatable bonds is 2. The zero-order valence-corrected chi connectivity index (χ0v) is 12.0. The molecular weight excluding hydrogens is 230 g/mol. The van der Waals surface area contributed by atoms with E-state index in [2.05, 4.69) is 18.2 Å². The Balaban J connectivity index is 1.82. The standard InChI is InChI=1S/C18H27N/c19-18-12-11-16(14-7-3-1-4-8-14)13-17(18)15-9-5-2-6-10-15/h11-15H,1-10,19H2. The van der Waals surface area contributed by atoms with Crippen LogP contribution in [0.3, 0.4) is 0 Å². The molecule has 104 valence electrons. The zero-order chi connectivity index (χ0) is 13.1. The van der Waals surface area contributed by atoms with Gasteiger partial charge in [0, 0.05) is 5.69 Å². The Morgan fingerprint density at radius 2 is 1.32 bits per heavy atom. The summed E-state index contributed by atoms with van der Waals surface area (Å²) in [5.41, 5.74) is 10.3. The number of hydrogen-bond acceptors (Lipinski definition) is 1. The molecule has 3 rings (SSSR count). The minimum absolute atomic E-state index is 0.734. The highest BCUT2D eigenvalue weighted by atomic mass is 14.6. The predicted octanol–water partition coefficient (Wildman–Crippen LogP) is 5.36. The molecule has 1 heteroatoms. The average molecular weight is 257 g/mol. The quantitative estimate of drug-likeness (QED) is 0.709. The van der Waals surface area contributed by atoms with Gasteiger partial charge in [-0.1, -0.05) is 50.7 Å². The van der Waals surface area contributed by atoms with Crippen LogP contribution in [0.25, 0.3) is 0 Å². The Bertz CT molecular complexity index is 412. The summed E-state index contributed by atoms with van der Waals surface area (Å²) in [6.45, 7) is 0. The van der Waals surface area contributed by atoms with Crippen molar-refractivity contribution in [3.05, 3.63) is 29.3 Å². The van der Waals surface area contributed by atoms with E-state index < -0.39 is 0 Å². The smallest absolute Gasteiger partial charge is 0.0349 e. The molecule has 0 spiro atoms. The third-order valence-corrected chi connectivity index (χ3v) is 5.23. The van der Waals surface area contributed by atoms with Crippen molar-refractivity contribution < 1.29 is 0 Å². The maximum Gasteiger partial charge on any atom is 0.0349 e. The molecule has 0 saturated heterocycles. The van der Waals surface area contributed by atoms with Gasteiger partial charge in [-0.05, 0) is 54.7 Å². The molecule has 1 aromatic rings. The van der Waals surface area contributed by atoms with Gasteiger partial charge in [0.25, 0.3) is 0 Å². The number of hydrogen-bond donors (Lipinski definition) is 1. The Morgan fingerprint density at radius 3 is 1.95 bits per heavy atom. The lowest BCUT2D eigenvalue weighted by atomic mass is 9.79. The fourth-order valence-corrected chi connectivity index (χ4v) is 4.05. The molecule has 0 aliphatic heterocycles. The van der Waals surface area contributed by atoms with Crippen molar-refractivity contribution >= 4 is 5.69 Å². The highest BCUT2D eigenvalue weighted by Crippen LogP contribution is 2.39. The van der Waals surface area contributed by atoms with Crippen LogP contribution in [0.5, 0.6) is 0 Å². The van der Waals surface area contributed by atoms with Crippen LogP contribution in [-0.2, 0) is 0 Å².